The molecule has 0 aromatic carbocycles. The molecule has 7 heterocycles. The Bertz CT molecular complexity index is 1760. The highest BCUT2D eigenvalue weighted by Gasteiger charge is 2.47. The standard InChI is InChI=1S/C36H44B3N3O12S3/c43-31(19-25-4-1-13-55-25)40-28-10-7-22-16-35(47)53-38(50-22)30(42-33(45)21-27-6-3-15-57-27)12-9-24-18-36(48)54-39(51-24)29(41-32(44)20-26-5-2-14-56-26)11-8-23-17-34(46)52-37(28)49-23/h1-6,13-15,22-24,28-31,40,43H,7-12,16-21H2,(H,41,44)(H,42,45)/t22-,23-,24-,28-,29-,30-,31?/m0/s1. The molecule has 21 heteroatoms. The molecule has 7 atom stereocenters. The first-order chi connectivity index (χ1) is 27.6. The Morgan fingerprint density at radius 2 is 1.00 bits per heavy atom. The maximum atomic E-state index is 13.3. The Morgan fingerprint density at radius 3 is 1.40 bits per heavy atom. The molecule has 15 nitrogen and oxygen atoms in total. The maximum absolute atomic E-state index is 13.3. The number of aliphatic hydroxyl groups excluding tert-OH is 1. The molecule has 4 aliphatic heterocycles. The predicted octanol–water partition coefficient (Wildman–Crippen LogP) is 2.58. The summed E-state index contributed by atoms with van der Waals surface area (Å²) >= 11 is 4.40. The lowest BCUT2D eigenvalue weighted by atomic mass is 9.70. The lowest BCUT2D eigenvalue weighted by Gasteiger charge is -2.37. The molecule has 0 saturated carbocycles. The van der Waals surface area contributed by atoms with E-state index in [1.165, 1.54) is 34.0 Å². The van der Waals surface area contributed by atoms with Gasteiger partial charge in [-0.05, 0) is 72.9 Å². The molecular formula is C36H44B3N3O12S3. The number of amides is 2. The number of aliphatic hydroxyl groups is 1. The lowest BCUT2D eigenvalue weighted by Crippen LogP contribution is -2.58. The summed E-state index contributed by atoms with van der Waals surface area (Å²) in [4.78, 5) is 68.6. The smallest absolute Gasteiger partial charge is 0.508 e. The second kappa shape index (κ2) is 19.9. The van der Waals surface area contributed by atoms with Crippen LogP contribution >= 0.6 is 34.0 Å². The van der Waals surface area contributed by atoms with Crippen LogP contribution in [-0.2, 0) is 71.2 Å². The predicted molar refractivity (Wildman–Crippen MR) is 213 cm³/mol. The molecule has 2 amide bonds. The van der Waals surface area contributed by atoms with Gasteiger partial charge in [-0.25, -0.2) is 0 Å². The molecule has 4 N–H and O–H groups in total. The first-order valence-electron chi connectivity index (χ1n) is 19.3. The number of thiophene rings is 3. The number of carbonyl (C=O) groups excluding carboxylic acids is 5. The largest absolute Gasteiger partial charge is 0.551 e. The van der Waals surface area contributed by atoms with Crippen molar-refractivity contribution in [3.63, 3.8) is 0 Å². The molecule has 4 saturated heterocycles. The van der Waals surface area contributed by atoms with E-state index in [4.69, 9.17) is 27.9 Å². The summed E-state index contributed by atoms with van der Waals surface area (Å²) in [5, 5.41) is 26.0. The number of nitrogens with one attached hydrogen (secondary N) is 3. The third-order valence-corrected chi connectivity index (χ3v) is 12.8. The Hall–Kier alpha value is -3.56. The maximum Gasteiger partial charge on any atom is 0.551 e. The van der Waals surface area contributed by atoms with Crippen LogP contribution in [0.2, 0.25) is 0 Å². The van der Waals surface area contributed by atoms with E-state index in [1.54, 1.807) is 0 Å². The van der Waals surface area contributed by atoms with E-state index < -0.39 is 81.6 Å². The van der Waals surface area contributed by atoms with Crippen molar-refractivity contribution < 1.29 is 57.0 Å². The third kappa shape index (κ3) is 12.2. The highest BCUT2D eigenvalue weighted by Crippen LogP contribution is 2.28. The van der Waals surface area contributed by atoms with Gasteiger partial charge in [-0.1, -0.05) is 18.2 Å². The van der Waals surface area contributed by atoms with Gasteiger partial charge in [0.25, 0.3) is 17.9 Å². The van der Waals surface area contributed by atoms with E-state index in [0.29, 0.717) is 12.8 Å². The van der Waals surface area contributed by atoms with Crippen LogP contribution in [0.3, 0.4) is 0 Å². The first kappa shape index (κ1) is 41.6. The van der Waals surface area contributed by atoms with E-state index in [0.717, 1.165) is 14.6 Å². The van der Waals surface area contributed by atoms with Crippen molar-refractivity contribution in [1.82, 2.24) is 16.0 Å². The van der Waals surface area contributed by atoms with Crippen LogP contribution in [0.1, 0.15) is 72.4 Å². The van der Waals surface area contributed by atoms with E-state index in [9.17, 15) is 29.1 Å². The summed E-state index contributed by atoms with van der Waals surface area (Å²) in [6.45, 7) is 0. The van der Waals surface area contributed by atoms with Crippen molar-refractivity contribution in [2.24, 2.45) is 0 Å². The monoisotopic (exact) mass is 839 g/mol. The molecule has 3 aromatic heterocycles. The fourth-order valence-electron chi connectivity index (χ4n) is 7.46. The molecule has 0 aliphatic carbocycles. The third-order valence-electron chi connectivity index (χ3n) is 10.2. The van der Waals surface area contributed by atoms with E-state index in [1.807, 2.05) is 52.5 Å². The number of hydrogen-bond donors (Lipinski definition) is 4. The molecule has 302 valence electrons. The van der Waals surface area contributed by atoms with E-state index in [2.05, 4.69) is 16.0 Å². The molecule has 1 unspecified atom stereocenters. The van der Waals surface area contributed by atoms with Gasteiger partial charge >= 0.3 is 21.4 Å². The topological polar surface area (TPSA) is 197 Å². The molecule has 7 rings (SSSR count). The van der Waals surface area contributed by atoms with Gasteiger partial charge in [0.15, 0.2) is 0 Å². The fourth-order valence-corrected chi connectivity index (χ4v) is 9.61. The van der Waals surface area contributed by atoms with Crippen molar-refractivity contribution in [3.05, 3.63) is 67.2 Å². The quantitative estimate of drug-likeness (QED) is 0.172. The SMILES string of the molecule is O=C(Cc1cccs1)N[C@H]1CC[C@H]2CC(=O)OB(O2)[C@@H](NC(=O)Cc2cccs2)CC[C@H]2CC(=O)OB(O2)[C@@H](NC(O)Cc2cccs2)CC[C@H]2CC(=O)OB1O2. The van der Waals surface area contributed by atoms with Crippen molar-refractivity contribution in [2.75, 3.05) is 0 Å². The molecular weight excluding hydrogens is 795 g/mol. The van der Waals surface area contributed by atoms with Crippen molar-refractivity contribution >= 4 is 85.1 Å². The fraction of sp³-hybridized carbons (Fsp3) is 0.528. The van der Waals surface area contributed by atoms with Crippen LogP contribution in [0.5, 0.6) is 0 Å². The van der Waals surface area contributed by atoms with E-state index in [-0.39, 0.29) is 76.0 Å². The molecule has 6 bridgehead atoms. The summed E-state index contributed by atoms with van der Waals surface area (Å²) in [5.41, 5.74) is 0. The van der Waals surface area contributed by atoms with Gasteiger partial charge in [-0.15, -0.1) is 34.0 Å². The Morgan fingerprint density at radius 1 is 0.614 bits per heavy atom. The van der Waals surface area contributed by atoms with Gasteiger partial charge in [0.1, 0.15) is 6.23 Å². The van der Waals surface area contributed by atoms with Crippen LogP contribution in [-0.4, -0.2) is 98.5 Å². The summed E-state index contributed by atoms with van der Waals surface area (Å²) in [5.74, 6) is -4.42. The van der Waals surface area contributed by atoms with Gasteiger partial charge in [0.05, 0.1) is 68.2 Å². The number of hydrogen-bond acceptors (Lipinski definition) is 16. The van der Waals surface area contributed by atoms with Crippen molar-refractivity contribution in [1.29, 1.82) is 0 Å². The van der Waals surface area contributed by atoms with Gasteiger partial charge < -0.3 is 43.7 Å². The number of rotatable bonds is 10. The van der Waals surface area contributed by atoms with E-state index >= 15 is 0 Å². The zero-order valence-electron chi connectivity index (χ0n) is 31.1. The minimum Gasteiger partial charge on any atom is -0.508 e. The Balaban J connectivity index is 1.15. The molecule has 4 fully saturated rings. The van der Waals surface area contributed by atoms with Gasteiger partial charge in [0, 0.05) is 21.1 Å². The number of fused-ring (bicyclic) bond motifs is 6. The Labute approximate surface area is 343 Å². The van der Waals surface area contributed by atoms with Crippen LogP contribution in [0.15, 0.2) is 52.5 Å². The molecule has 4 aliphatic rings. The Kier molecular flexibility index (Phi) is 14.5. The minimum atomic E-state index is -1.16. The lowest BCUT2D eigenvalue weighted by molar-refractivity contribution is -0.143. The molecule has 3 aromatic rings. The van der Waals surface area contributed by atoms with Gasteiger partial charge in [0.2, 0.25) is 11.8 Å². The first-order valence-corrected chi connectivity index (χ1v) is 21.9. The van der Waals surface area contributed by atoms with Crippen LogP contribution < -0.4 is 16.0 Å². The van der Waals surface area contributed by atoms with Crippen LogP contribution in [0.25, 0.3) is 0 Å². The molecule has 57 heavy (non-hydrogen) atoms. The average molecular weight is 839 g/mol. The molecule has 0 radical (unpaired) electrons. The van der Waals surface area contributed by atoms with Gasteiger partial charge in [-0.2, -0.15) is 0 Å². The summed E-state index contributed by atoms with van der Waals surface area (Å²) in [6.07, 6.45) is -1.01. The number of carbonyl (C=O) groups is 5. The second-order valence-electron chi connectivity index (χ2n) is 14.6. The highest BCUT2D eigenvalue weighted by atomic mass is 32.1. The highest BCUT2D eigenvalue weighted by molar-refractivity contribution is 7.10. The van der Waals surface area contributed by atoms with Crippen LogP contribution in [0.4, 0.5) is 0 Å². The van der Waals surface area contributed by atoms with Crippen molar-refractivity contribution in [3.8, 4) is 0 Å². The zero-order chi connectivity index (χ0) is 39.7. The summed E-state index contributed by atoms with van der Waals surface area (Å²) < 4.78 is 36.3. The minimum absolute atomic E-state index is 0.0520. The van der Waals surface area contributed by atoms with Crippen LogP contribution in [0, 0.1) is 0 Å². The second-order valence-corrected chi connectivity index (χ2v) is 17.7. The summed E-state index contributed by atoms with van der Waals surface area (Å²) in [7, 11) is -3.42. The summed E-state index contributed by atoms with van der Waals surface area (Å²) in [6, 6.07) is 11.2. The molecule has 0 spiro atoms. The van der Waals surface area contributed by atoms with Crippen molar-refractivity contribution in [2.45, 2.75) is 119 Å². The zero-order valence-corrected chi connectivity index (χ0v) is 33.6. The van der Waals surface area contributed by atoms with Gasteiger partial charge in [-0.3, -0.25) is 29.3 Å². The average Bonchev–Trinajstić information content (AvgIpc) is 3.98. The normalized spacial score (nSPS) is 26.6.